The van der Waals surface area contributed by atoms with E-state index in [9.17, 15) is 9.18 Å². The third-order valence-corrected chi connectivity index (χ3v) is 2.91. The van der Waals surface area contributed by atoms with Gasteiger partial charge in [0.05, 0.1) is 17.3 Å². The van der Waals surface area contributed by atoms with E-state index in [0.29, 0.717) is 10.4 Å². The van der Waals surface area contributed by atoms with E-state index in [-0.39, 0.29) is 17.7 Å². The molecule has 0 unspecified atom stereocenters. The molecule has 94 valence electrons. The molecule has 2 aromatic rings. The van der Waals surface area contributed by atoms with Gasteiger partial charge in [0, 0.05) is 18.6 Å². The number of primary amides is 1. The highest BCUT2D eigenvalue weighted by molar-refractivity contribution is 6.35. The lowest BCUT2D eigenvalue weighted by Gasteiger charge is -2.18. The first-order valence-electron chi connectivity index (χ1n) is 5.23. The molecule has 0 radical (unpaired) electrons. The number of pyridine rings is 1. The van der Waals surface area contributed by atoms with Gasteiger partial charge in [0.1, 0.15) is 5.52 Å². The minimum atomic E-state index is -0.531. The van der Waals surface area contributed by atoms with Crippen molar-refractivity contribution in [1.82, 2.24) is 4.98 Å². The van der Waals surface area contributed by atoms with Crippen molar-refractivity contribution in [2.24, 2.45) is 5.73 Å². The van der Waals surface area contributed by atoms with Gasteiger partial charge in [-0.1, -0.05) is 11.6 Å². The smallest absolute Gasteiger partial charge is 0.236 e. The van der Waals surface area contributed by atoms with Crippen LogP contribution >= 0.6 is 11.6 Å². The molecule has 2 N–H and O–H groups in total. The van der Waals surface area contributed by atoms with E-state index in [4.69, 9.17) is 17.3 Å². The maximum Gasteiger partial charge on any atom is 0.236 e. The molecule has 18 heavy (non-hydrogen) atoms. The molecule has 1 amide bonds. The molecular weight excluding hydrogens is 257 g/mol. The number of benzene rings is 1. The summed E-state index contributed by atoms with van der Waals surface area (Å²) < 4.78 is 14.2. The van der Waals surface area contributed by atoms with Crippen molar-refractivity contribution >= 4 is 34.1 Å². The Morgan fingerprint density at radius 1 is 1.50 bits per heavy atom. The highest BCUT2D eigenvalue weighted by Gasteiger charge is 2.14. The fourth-order valence-corrected chi connectivity index (χ4v) is 1.96. The second-order valence-corrected chi connectivity index (χ2v) is 4.32. The van der Waals surface area contributed by atoms with Crippen LogP contribution in [0.1, 0.15) is 0 Å². The summed E-state index contributed by atoms with van der Waals surface area (Å²) in [7, 11) is 1.58. The number of fused-ring (bicyclic) bond motifs is 1. The highest BCUT2D eigenvalue weighted by atomic mass is 35.5. The minimum Gasteiger partial charge on any atom is -0.368 e. The lowest BCUT2D eigenvalue weighted by atomic mass is 10.1. The zero-order valence-electron chi connectivity index (χ0n) is 9.65. The van der Waals surface area contributed by atoms with Crippen molar-refractivity contribution in [1.29, 1.82) is 0 Å². The summed E-state index contributed by atoms with van der Waals surface area (Å²) in [6.45, 7) is -0.0665. The van der Waals surface area contributed by atoms with Crippen LogP contribution in [0.3, 0.4) is 0 Å². The molecular formula is C12H11ClFN3O. The fourth-order valence-electron chi connectivity index (χ4n) is 1.75. The number of rotatable bonds is 3. The van der Waals surface area contributed by atoms with Crippen LogP contribution in [0.2, 0.25) is 5.02 Å². The van der Waals surface area contributed by atoms with Gasteiger partial charge in [-0.25, -0.2) is 4.39 Å². The first-order valence-corrected chi connectivity index (χ1v) is 5.60. The predicted molar refractivity (Wildman–Crippen MR) is 69.2 cm³/mol. The predicted octanol–water partition coefficient (Wildman–Crippen LogP) is 1.95. The van der Waals surface area contributed by atoms with Gasteiger partial charge >= 0.3 is 0 Å². The van der Waals surface area contributed by atoms with E-state index in [1.807, 2.05) is 0 Å². The van der Waals surface area contributed by atoms with E-state index < -0.39 is 11.7 Å². The van der Waals surface area contributed by atoms with Crippen molar-refractivity contribution in [2.45, 2.75) is 0 Å². The van der Waals surface area contributed by atoms with Crippen LogP contribution in [0, 0.1) is 5.82 Å². The number of nitrogens with two attached hydrogens (primary N) is 1. The summed E-state index contributed by atoms with van der Waals surface area (Å²) in [6.07, 6.45) is 1.44. The number of hydrogen-bond donors (Lipinski definition) is 1. The molecule has 0 saturated heterocycles. The van der Waals surface area contributed by atoms with E-state index in [1.165, 1.54) is 11.1 Å². The SMILES string of the molecule is CN(CC(N)=O)c1ccc2c(Cl)ccnc2c1F. The summed E-state index contributed by atoms with van der Waals surface area (Å²) in [5, 5.41) is 0.968. The molecule has 6 heteroatoms. The molecule has 0 spiro atoms. The van der Waals surface area contributed by atoms with Gasteiger partial charge in [-0.15, -0.1) is 0 Å². The minimum absolute atomic E-state index is 0.0665. The topological polar surface area (TPSA) is 59.2 Å². The number of carbonyl (C=O) groups is 1. The Balaban J connectivity index is 2.54. The molecule has 0 aliphatic rings. The number of aromatic nitrogens is 1. The van der Waals surface area contributed by atoms with Crippen LogP contribution < -0.4 is 10.6 Å². The van der Waals surface area contributed by atoms with Crippen molar-refractivity contribution in [3.8, 4) is 0 Å². The Labute approximate surface area is 108 Å². The van der Waals surface area contributed by atoms with E-state index >= 15 is 0 Å². The molecule has 2 rings (SSSR count). The number of likely N-dealkylation sites (N-methyl/N-ethyl adjacent to an activating group) is 1. The summed E-state index contributed by atoms with van der Waals surface area (Å²) >= 11 is 5.95. The Morgan fingerprint density at radius 3 is 2.89 bits per heavy atom. The monoisotopic (exact) mass is 267 g/mol. The molecule has 1 heterocycles. The summed E-state index contributed by atoms with van der Waals surface area (Å²) in [5.74, 6) is -1.05. The maximum atomic E-state index is 14.2. The van der Waals surface area contributed by atoms with Crippen molar-refractivity contribution in [2.75, 3.05) is 18.5 Å². The van der Waals surface area contributed by atoms with Gasteiger partial charge in [0.25, 0.3) is 0 Å². The second-order valence-electron chi connectivity index (χ2n) is 3.91. The summed E-state index contributed by atoms with van der Waals surface area (Å²) in [4.78, 5) is 16.2. The van der Waals surface area contributed by atoms with E-state index in [1.54, 1.807) is 25.2 Å². The Kier molecular flexibility index (Phi) is 3.34. The number of amides is 1. The van der Waals surface area contributed by atoms with Gasteiger partial charge in [0.2, 0.25) is 5.91 Å². The highest BCUT2D eigenvalue weighted by Crippen LogP contribution is 2.29. The van der Waals surface area contributed by atoms with E-state index in [2.05, 4.69) is 4.98 Å². The standard InChI is InChI=1S/C12H11ClFN3O/c1-17(6-10(15)18)9-3-2-7-8(13)4-5-16-12(7)11(9)14/h2-5H,6H2,1H3,(H2,15,18). The average Bonchev–Trinajstić information content (AvgIpc) is 2.29. The van der Waals surface area contributed by atoms with Gasteiger partial charge in [-0.05, 0) is 18.2 Å². The van der Waals surface area contributed by atoms with Gasteiger partial charge in [-0.2, -0.15) is 0 Å². The molecule has 0 aliphatic carbocycles. The van der Waals surface area contributed by atoms with Crippen LogP contribution in [0.15, 0.2) is 24.4 Å². The molecule has 0 aliphatic heterocycles. The third kappa shape index (κ3) is 2.22. The molecule has 1 aromatic carbocycles. The zero-order valence-corrected chi connectivity index (χ0v) is 10.4. The number of carbonyl (C=O) groups excluding carboxylic acids is 1. The summed E-state index contributed by atoms with van der Waals surface area (Å²) in [5.41, 5.74) is 5.52. The number of hydrogen-bond acceptors (Lipinski definition) is 3. The largest absolute Gasteiger partial charge is 0.368 e. The normalized spacial score (nSPS) is 10.6. The number of anilines is 1. The Morgan fingerprint density at radius 2 is 2.22 bits per heavy atom. The van der Waals surface area contributed by atoms with E-state index in [0.717, 1.165) is 0 Å². The number of nitrogens with zero attached hydrogens (tertiary/aromatic N) is 2. The quantitative estimate of drug-likeness (QED) is 0.925. The van der Waals surface area contributed by atoms with Gasteiger partial charge in [0.15, 0.2) is 5.82 Å². The Bertz CT molecular complexity index is 618. The molecule has 0 bridgehead atoms. The average molecular weight is 268 g/mol. The molecule has 0 fully saturated rings. The van der Waals surface area contributed by atoms with Crippen LogP contribution in [0.4, 0.5) is 10.1 Å². The first kappa shape index (κ1) is 12.6. The van der Waals surface area contributed by atoms with Gasteiger partial charge < -0.3 is 10.6 Å². The molecule has 4 nitrogen and oxygen atoms in total. The molecule has 0 saturated carbocycles. The number of halogens is 2. The second kappa shape index (κ2) is 4.78. The zero-order chi connectivity index (χ0) is 13.3. The Hall–Kier alpha value is -1.88. The van der Waals surface area contributed by atoms with Crippen LogP contribution in [0.25, 0.3) is 10.9 Å². The molecule has 0 atom stereocenters. The summed E-state index contributed by atoms with van der Waals surface area (Å²) in [6, 6.07) is 4.81. The lowest BCUT2D eigenvalue weighted by molar-refractivity contribution is -0.116. The van der Waals surface area contributed by atoms with Gasteiger partial charge in [-0.3, -0.25) is 9.78 Å². The van der Waals surface area contributed by atoms with Crippen molar-refractivity contribution in [3.05, 3.63) is 35.2 Å². The molecule has 1 aromatic heterocycles. The van der Waals surface area contributed by atoms with Crippen LogP contribution in [0.5, 0.6) is 0 Å². The maximum absolute atomic E-state index is 14.2. The van der Waals surface area contributed by atoms with Crippen molar-refractivity contribution in [3.63, 3.8) is 0 Å². The lowest BCUT2D eigenvalue weighted by Crippen LogP contribution is -2.31. The van der Waals surface area contributed by atoms with Crippen LogP contribution in [-0.4, -0.2) is 24.5 Å². The fraction of sp³-hybridized carbons (Fsp3) is 0.167. The van der Waals surface area contributed by atoms with Crippen molar-refractivity contribution < 1.29 is 9.18 Å². The third-order valence-electron chi connectivity index (χ3n) is 2.58. The van der Waals surface area contributed by atoms with Crippen LogP contribution in [-0.2, 0) is 4.79 Å². The first-order chi connectivity index (χ1) is 8.50.